The van der Waals surface area contributed by atoms with E-state index < -0.39 is 0 Å². The smallest absolute Gasteiger partial charge is 0.171 e. The van der Waals surface area contributed by atoms with Crippen LogP contribution in [0.2, 0.25) is 0 Å². The van der Waals surface area contributed by atoms with E-state index >= 15 is 0 Å². The molecule has 0 aromatic carbocycles. The van der Waals surface area contributed by atoms with E-state index in [9.17, 15) is 4.79 Å². The van der Waals surface area contributed by atoms with E-state index in [4.69, 9.17) is 5.11 Å². The fourth-order valence-electron chi connectivity index (χ4n) is 0.979. The van der Waals surface area contributed by atoms with Crippen LogP contribution in [0.1, 0.15) is 10.5 Å². The minimum atomic E-state index is -0.0613. The molecule has 13 heavy (non-hydrogen) atoms. The van der Waals surface area contributed by atoms with Crippen molar-refractivity contribution in [2.75, 3.05) is 20.6 Å². The van der Waals surface area contributed by atoms with Crippen LogP contribution in [0.3, 0.4) is 0 Å². The lowest BCUT2D eigenvalue weighted by molar-refractivity contribution is 0.111. The van der Waals surface area contributed by atoms with E-state index in [1.165, 1.54) is 10.9 Å². The van der Waals surface area contributed by atoms with Crippen LogP contribution >= 0.6 is 0 Å². The Morgan fingerprint density at radius 3 is 2.92 bits per heavy atom. The SMILES string of the molecule is CN(C)CCn1ncc(O)c1C=O. The molecule has 0 aliphatic carbocycles. The second-order valence-electron chi connectivity index (χ2n) is 3.06. The minimum absolute atomic E-state index is 0.0613. The first kappa shape index (κ1) is 9.73. The van der Waals surface area contributed by atoms with E-state index in [1.807, 2.05) is 19.0 Å². The average molecular weight is 183 g/mol. The van der Waals surface area contributed by atoms with Crippen LogP contribution in [-0.2, 0) is 6.54 Å². The quantitative estimate of drug-likeness (QED) is 0.665. The Morgan fingerprint density at radius 2 is 2.38 bits per heavy atom. The Kier molecular flexibility index (Phi) is 3.02. The van der Waals surface area contributed by atoms with Crippen molar-refractivity contribution in [1.82, 2.24) is 14.7 Å². The summed E-state index contributed by atoms with van der Waals surface area (Å²) in [5.41, 5.74) is 0.238. The monoisotopic (exact) mass is 183 g/mol. The highest BCUT2D eigenvalue weighted by molar-refractivity contribution is 5.76. The lowest BCUT2D eigenvalue weighted by Gasteiger charge is -2.09. The molecule has 5 nitrogen and oxygen atoms in total. The van der Waals surface area contributed by atoms with Gasteiger partial charge in [-0.05, 0) is 14.1 Å². The summed E-state index contributed by atoms with van der Waals surface area (Å²) in [5.74, 6) is -0.0613. The van der Waals surface area contributed by atoms with E-state index in [1.54, 1.807) is 0 Å². The minimum Gasteiger partial charge on any atom is -0.504 e. The van der Waals surface area contributed by atoms with Crippen molar-refractivity contribution >= 4 is 6.29 Å². The predicted octanol–water partition coefficient (Wildman–Crippen LogP) is -0.0372. The van der Waals surface area contributed by atoms with Crippen LogP contribution in [0.4, 0.5) is 0 Å². The molecule has 0 aliphatic heterocycles. The number of carbonyl (C=O) groups is 1. The van der Waals surface area contributed by atoms with Gasteiger partial charge >= 0.3 is 0 Å². The molecule has 1 N–H and O–H groups in total. The van der Waals surface area contributed by atoms with Gasteiger partial charge in [-0.25, -0.2) is 0 Å². The first-order valence-corrected chi connectivity index (χ1v) is 4.00. The number of likely N-dealkylation sites (N-methyl/N-ethyl adjacent to an activating group) is 1. The maximum atomic E-state index is 10.5. The van der Waals surface area contributed by atoms with Gasteiger partial charge in [0.05, 0.1) is 12.7 Å². The molecular weight excluding hydrogens is 170 g/mol. The maximum Gasteiger partial charge on any atom is 0.171 e. The lowest BCUT2D eigenvalue weighted by Crippen LogP contribution is -2.20. The predicted molar refractivity (Wildman–Crippen MR) is 47.8 cm³/mol. The normalized spacial score (nSPS) is 10.7. The largest absolute Gasteiger partial charge is 0.504 e. The Morgan fingerprint density at radius 1 is 1.69 bits per heavy atom. The zero-order valence-electron chi connectivity index (χ0n) is 7.77. The van der Waals surface area contributed by atoms with Crippen molar-refractivity contribution in [2.24, 2.45) is 0 Å². The van der Waals surface area contributed by atoms with Crippen LogP contribution < -0.4 is 0 Å². The Bertz CT molecular complexity index is 294. The number of carbonyl (C=O) groups excluding carboxylic acids is 1. The average Bonchev–Trinajstić information content (AvgIpc) is 2.42. The first-order valence-electron chi connectivity index (χ1n) is 4.00. The summed E-state index contributed by atoms with van der Waals surface area (Å²) in [7, 11) is 3.87. The molecule has 0 fully saturated rings. The molecule has 0 saturated carbocycles. The number of hydrogen-bond acceptors (Lipinski definition) is 4. The molecule has 0 radical (unpaired) electrons. The molecule has 0 atom stereocenters. The van der Waals surface area contributed by atoms with Crippen molar-refractivity contribution in [1.29, 1.82) is 0 Å². The lowest BCUT2D eigenvalue weighted by atomic mass is 10.4. The summed E-state index contributed by atoms with van der Waals surface area (Å²) in [6.07, 6.45) is 1.89. The third-order valence-corrected chi connectivity index (χ3v) is 1.73. The van der Waals surface area contributed by atoms with Gasteiger partial charge < -0.3 is 10.0 Å². The van der Waals surface area contributed by atoms with Gasteiger partial charge in [0.2, 0.25) is 0 Å². The highest BCUT2D eigenvalue weighted by Gasteiger charge is 2.07. The zero-order valence-corrected chi connectivity index (χ0v) is 7.77. The number of rotatable bonds is 4. The summed E-state index contributed by atoms with van der Waals surface area (Å²) in [5, 5.41) is 13.0. The fourth-order valence-corrected chi connectivity index (χ4v) is 0.979. The van der Waals surface area contributed by atoms with Crippen molar-refractivity contribution in [3.8, 4) is 5.75 Å². The number of aromatic nitrogens is 2. The molecule has 0 aliphatic rings. The molecule has 0 unspecified atom stereocenters. The molecule has 1 rings (SSSR count). The molecule has 1 heterocycles. The van der Waals surface area contributed by atoms with Crippen molar-refractivity contribution < 1.29 is 9.90 Å². The topological polar surface area (TPSA) is 58.4 Å². The molecule has 1 aromatic heterocycles. The number of aldehydes is 1. The van der Waals surface area contributed by atoms with E-state index in [0.29, 0.717) is 12.8 Å². The number of hydrogen-bond donors (Lipinski definition) is 1. The standard InChI is InChI=1S/C8H13N3O2/c1-10(2)3-4-11-7(6-12)8(13)5-9-11/h5-6,13H,3-4H2,1-2H3. The highest BCUT2D eigenvalue weighted by Crippen LogP contribution is 2.12. The summed E-state index contributed by atoms with van der Waals surface area (Å²) in [6, 6.07) is 0. The second-order valence-corrected chi connectivity index (χ2v) is 3.06. The van der Waals surface area contributed by atoms with Crippen LogP contribution in [0.15, 0.2) is 6.20 Å². The molecule has 0 spiro atoms. The fraction of sp³-hybridized carbons (Fsp3) is 0.500. The number of nitrogens with zero attached hydrogens (tertiary/aromatic N) is 3. The van der Waals surface area contributed by atoms with Gasteiger partial charge in [0.15, 0.2) is 12.0 Å². The van der Waals surface area contributed by atoms with Crippen molar-refractivity contribution in [3.05, 3.63) is 11.9 Å². The van der Waals surface area contributed by atoms with Gasteiger partial charge in [-0.2, -0.15) is 5.10 Å². The Labute approximate surface area is 76.6 Å². The molecule has 0 bridgehead atoms. The van der Waals surface area contributed by atoms with Crippen LogP contribution in [-0.4, -0.2) is 46.7 Å². The summed E-state index contributed by atoms with van der Waals surface area (Å²) < 4.78 is 1.49. The summed E-state index contributed by atoms with van der Waals surface area (Å²) >= 11 is 0. The van der Waals surface area contributed by atoms with Gasteiger partial charge in [0, 0.05) is 6.54 Å². The van der Waals surface area contributed by atoms with Crippen LogP contribution in [0.5, 0.6) is 5.75 Å². The summed E-state index contributed by atoms with van der Waals surface area (Å²) in [6.45, 7) is 1.38. The molecule has 72 valence electrons. The van der Waals surface area contributed by atoms with Gasteiger partial charge in [0.25, 0.3) is 0 Å². The molecule has 1 aromatic rings. The second kappa shape index (κ2) is 4.04. The molecular formula is C8H13N3O2. The summed E-state index contributed by atoms with van der Waals surface area (Å²) in [4.78, 5) is 12.5. The van der Waals surface area contributed by atoms with E-state index in [0.717, 1.165) is 6.54 Å². The molecule has 0 saturated heterocycles. The van der Waals surface area contributed by atoms with Gasteiger partial charge in [-0.3, -0.25) is 9.48 Å². The Balaban J connectivity index is 2.71. The number of aromatic hydroxyl groups is 1. The van der Waals surface area contributed by atoms with E-state index in [-0.39, 0.29) is 11.4 Å². The molecule has 0 amide bonds. The van der Waals surface area contributed by atoms with E-state index in [2.05, 4.69) is 5.10 Å². The van der Waals surface area contributed by atoms with Crippen molar-refractivity contribution in [2.45, 2.75) is 6.54 Å². The van der Waals surface area contributed by atoms with Crippen molar-refractivity contribution in [3.63, 3.8) is 0 Å². The first-order chi connectivity index (χ1) is 6.15. The third-order valence-electron chi connectivity index (χ3n) is 1.73. The highest BCUT2D eigenvalue weighted by atomic mass is 16.3. The van der Waals surface area contributed by atoms with Crippen LogP contribution in [0.25, 0.3) is 0 Å². The van der Waals surface area contributed by atoms with Gasteiger partial charge in [0.1, 0.15) is 5.69 Å². The third kappa shape index (κ3) is 2.29. The maximum absolute atomic E-state index is 10.5. The zero-order chi connectivity index (χ0) is 9.84. The van der Waals surface area contributed by atoms with Gasteiger partial charge in [-0.1, -0.05) is 0 Å². The Hall–Kier alpha value is -1.36. The van der Waals surface area contributed by atoms with Crippen LogP contribution in [0, 0.1) is 0 Å². The van der Waals surface area contributed by atoms with Gasteiger partial charge in [-0.15, -0.1) is 0 Å². The molecule has 5 heteroatoms.